The second-order valence-electron chi connectivity index (χ2n) is 4.04. The second kappa shape index (κ2) is 7.24. The van der Waals surface area contributed by atoms with Crippen LogP contribution in [0, 0.1) is 5.82 Å². The number of carbonyl (C=O) groups is 3. The van der Waals surface area contributed by atoms with E-state index in [0.717, 1.165) is 12.1 Å². The maximum absolute atomic E-state index is 13.3. The lowest BCUT2D eigenvalue weighted by Crippen LogP contribution is -2.41. The predicted molar refractivity (Wildman–Crippen MR) is 72.2 cm³/mol. The lowest BCUT2D eigenvalue weighted by Gasteiger charge is -2.14. The number of halogens is 3. The molecule has 0 aliphatic heterocycles. The molecule has 1 aromatic rings. The van der Waals surface area contributed by atoms with Crippen molar-refractivity contribution < 1.29 is 29.0 Å². The molecule has 0 heterocycles. The Bertz CT molecular complexity index is 593. The zero-order valence-corrected chi connectivity index (χ0v) is 11.9. The summed E-state index contributed by atoms with van der Waals surface area (Å²) in [5, 5.41) is 19.1. The largest absolute Gasteiger partial charge is 0.481 e. The molecule has 0 saturated carbocycles. The Labute approximate surface area is 128 Å². The second-order valence-corrected chi connectivity index (χ2v) is 4.86. The van der Waals surface area contributed by atoms with Crippen LogP contribution in [-0.4, -0.2) is 34.1 Å². The van der Waals surface area contributed by atoms with Gasteiger partial charge in [0.15, 0.2) is 0 Å². The van der Waals surface area contributed by atoms with Gasteiger partial charge in [0, 0.05) is 6.42 Å². The monoisotopic (exact) mass is 337 g/mol. The zero-order chi connectivity index (χ0) is 16.2. The van der Waals surface area contributed by atoms with Gasteiger partial charge in [-0.2, -0.15) is 0 Å². The first-order chi connectivity index (χ1) is 9.72. The van der Waals surface area contributed by atoms with Crippen LogP contribution in [0.4, 0.5) is 4.39 Å². The first-order valence-electron chi connectivity index (χ1n) is 5.62. The van der Waals surface area contributed by atoms with Crippen LogP contribution in [0.1, 0.15) is 23.2 Å². The normalized spacial score (nSPS) is 11.8. The van der Waals surface area contributed by atoms with Gasteiger partial charge in [0.2, 0.25) is 0 Å². The molecule has 0 aliphatic rings. The molecule has 9 heteroatoms. The lowest BCUT2D eigenvalue weighted by molar-refractivity contribution is -0.140. The van der Waals surface area contributed by atoms with Gasteiger partial charge in [-0.05, 0) is 18.6 Å². The molecule has 1 amide bonds. The van der Waals surface area contributed by atoms with Crippen LogP contribution >= 0.6 is 23.2 Å². The van der Waals surface area contributed by atoms with Crippen LogP contribution in [0.2, 0.25) is 10.0 Å². The minimum Gasteiger partial charge on any atom is -0.481 e. The molecule has 1 aromatic carbocycles. The number of aliphatic carboxylic acids is 2. The number of benzene rings is 1. The predicted octanol–water partition coefficient (Wildman–Crippen LogP) is 2.18. The van der Waals surface area contributed by atoms with Crippen molar-refractivity contribution in [2.45, 2.75) is 18.9 Å². The van der Waals surface area contributed by atoms with E-state index in [2.05, 4.69) is 5.32 Å². The molecule has 1 rings (SSSR count). The molecular formula is C12H10Cl2FNO5. The first-order valence-corrected chi connectivity index (χ1v) is 6.38. The van der Waals surface area contributed by atoms with E-state index in [1.165, 1.54) is 0 Å². The minimum atomic E-state index is -1.43. The van der Waals surface area contributed by atoms with Crippen molar-refractivity contribution in [2.75, 3.05) is 0 Å². The summed E-state index contributed by atoms with van der Waals surface area (Å²) in [7, 11) is 0. The van der Waals surface area contributed by atoms with Gasteiger partial charge in [-0.15, -0.1) is 0 Å². The standard InChI is InChI=1S/C12H10Cl2FNO5/c13-6-4-7(14)8(15)3-5(6)11(19)16-9(12(20)21)1-2-10(17)18/h3-4,9H,1-2H2,(H,16,19)(H,17,18)(H,20,21)/t9-/m0/s1. The lowest BCUT2D eigenvalue weighted by atomic mass is 10.1. The molecular weight excluding hydrogens is 328 g/mol. The number of carboxylic acid groups (broad SMARTS) is 2. The Morgan fingerprint density at radius 3 is 2.33 bits per heavy atom. The van der Waals surface area contributed by atoms with Gasteiger partial charge >= 0.3 is 11.9 Å². The number of hydrogen-bond donors (Lipinski definition) is 3. The smallest absolute Gasteiger partial charge is 0.326 e. The van der Waals surface area contributed by atoms with E-state index in [4.69, 9.17) is 33.4 Å². The number of amides is 1. The molecule has 0 aliphatic carbocycles. The summed E-state index contributed by atoms with van der Waals surface area (Å²) < 4.78 is 13.3. The van der Waals surface area contributed by atoms with Crippen molar-refractivity contribution >= 4 is 41.0 Å². The van der Waals surface area contributed by atoms with E-state index >= 15 is 0 Å². The van der Waals surface area contributed by atoms with Crippen LogP contribution in [0.25, 0.3) is 0 Å². The Balaban J connectivity index is 2.89. The molecule has 0 saturated heterocycles. The quantitative estimate of drug-likeness (QED) is 0.690. The fourth-order valence-corrected chi connectivity index (χ4v) is 1.93. The third-order valence-corrected chi connectivity index (χ3v) is 3.11. The summed E-state index contributed by atoms with van der Waals surface area (Å²) in [6.07, 6.45) is -0.760. The highest BCUT2D eigenvalue weighted by atomic mass is 35.5. The molecule has 21 heavy (non-hydrogen) atoms. The van der Waals surface area contributed by atoms with Gasteiger partial charge in [-0.3, -0.25) is 9.59 Å². The summed E-state index contributed by atoms with van der Waals surface area (Å²) in [5.41, 5.74) is -0.292. The highest BCUT2D eigenvalue weighted by Gasteiger charge is 2.23. The van der Waals surface area contributed by atoms with Crippen LogP contribution in [-0.2, 0) is 9.59 Å². The molecule has 0 spiro atoms. The molecule has 0 fully saturated rings. The summed E-state index contributed by atoms with van der Waals surface area (Å²) in [6.45, 7) is 0. The maximum atomic E-state index is 13.3. The zero-order valence-electron chi connectivity index (χ0n) is 10.4. The number of rotatable bonds is 6. The number of nitrogens with one attached hydrogen (secondary N) is 1. The Hall–Kier alpha value is -1.86. The van der Waals surface area contributed by atoms with Gasteiger partial charge in [0.05, 0.1) is 15.6 Å². The highest BCUT2D eigenvalue weighted by Crippen LogP contribution is 2.24. The molecule has 0 unspecified atom stereocenters. The summed E-state index contributed by atoms with van der Waals surface area (Å²) in [5.74, 6) is -4.43. The van der Waals surface area contributed by atoms with E-state index < -0.39 is 36.1 Å². The summed E-state index contributed by atoms with van der Waals surface area (Å²) in [4.78, 5) is 33.2. The number of hydrogen-bond acceptors (Lipinski definition) is 3. The van der Waals surface area contributed by atoms with E-state index in [1.54, 1.807) is 0 Å². The number of carbonyl (C=O) groups excluding carboxylic acids is 1. The highest BCUT2D eigenvalue weighted by molar-refractivity contribution is 6.36. The molecule has 114 valence electrons. The van der Waals surface area contributed by atoms with Crippen LogP contribution in [0.5, 0.6) is 0 Å². The van der Waals surface area contributed by atoms with Crippen LogP contribution in [0.15, 0.2) is 12.1 Å². The fraction of sp³-hybridized carbons (Fsp3) is 0.250. The van der Waals surface area contributed by atoms with Gasteiger partial charge < -0.3 is 15.5 Å². The summed E-state index contributed by atoms with van der Waals surface area (Å²) >= 11 is 11.2. The maximum Gasteiger partial charge on any atom is 0.326 e. The Kier molecular flexibility index (Phi) is 5.92. The molecule has 0 radical (unpaired) electrons. The van der Waals surface area contributed by atoms with Crippen molar-refractivity contribution in [1.29, 1.82) is 0 Å². The molecule has 3 N–H and O–H groups in total. The van der Waals surface area contributed by atoms with Crippen molar-refractivity contribution in [2.24, 2.45) is 0 Å². The average molecular weight is 338 g/mol. The Morgan fingerprint density at radius 2 is 1.81 bits per heavy atom. The van der Waals surface area contributed by atoms with Crippen LogP contribution in [0.3, 0.4) is 0 Å². The molecule has 6 nitrogen and oxygen atoms in total. The van der Waals surface area contributed by atoms with E-state index in [-0.39, 0.29) is 22.0 Å². The van der Waals surface area contributed by atoms with Crippen molar-refractivity contribution in [3.8, 4) is 0 Å². The van der Waals surface area contributed by atoms with E-state index in [0.29, 0.717) is 0 Å². The first kappa shape index (κ1) is 17.2. The SMILES string of the molecule is O=C(O)CC[C@H](NC(=O)c1cc(F)c(Cl)cc1Cl)C(=O)O. The van der Waals surface area contributed by atoms with Crippen molar-refractivity contribution in [1.82, 2.24) is 5.32 Å². The fourth-order valence-electron chi connectivity index (χ4n) is 1.46. The topological polar surface area (TPSA) is 104 Å². The van der Waals surface area contributed by atoms with Crippen molar-refractivity contribution in [3.63, 3.8) is 0 Å². The molecule has 0 aromatic heterocycles. The van der Waals surface area contributed by atoms with Gasteiger partial charge in [-0.25, -0.2) is 9.18 Å². The van der Waals surface area contributed by atoms with E-state index in [9.17, 15) is 18.8 Å². The molecule has 1 atom stereocenters. The molecule has 0 bridgehead atoms. The average Bonchev–Trinajstić information content (AvgIpc) is 2.37. The minimum absolute atomic E-state index is 0.152. The third-order valence-electron chi connectivity index (χ3n) is 2.50. The van der Waals surface area contributed by atoms with Gasteiger partial charge in [0.25, 0.3) is 5.91 Å². The van der Waals surface area contributed by atoms with Crippen LogP contribution < -0.4 is 5.32 Å². The van der Waals surface area contributed by atoms with Gasteiger partial charge in [-0.1, -0.05) is 23.2 Å². The van der Waals surface area contributed by atoms with E-state index in [1.807, 2.05) is 0 Å². The van der Waals surface area contributed by atoms with Crippen molar-refractivity contribution in [3.05, 3.63) is 33.6 Å². The van der Waals surface area contributed by atoms with Gasteiger partial charge in [0.1, 0.15) is 11.9 Å². The third kappa shape index (κ3) is 4.87. The Morgan fingerprint density at radius 1 is 1.19 bits per heavy atom. The number of carboxylic acids is 2. The summed E-state index contributed by atoms with van der Waals surface area (Å²) in [6, 6.07) is 0.361.